The second-order valence-corrected chi connectivity index (χ2v) is 7.42. The van der Waals surface area contributed by atoms with E-state index in [4.69, 9.17) is 9.47 Å². The van der Waals surface area contributed by atoms with Gasteiger partial charge in [0.05, 0.1) is 50.8 Å². The first kappa shape index (κ1) is 18.0. The van der Waals surface area contributed by atoms with Gasteiger partial charge in [-0.1, -0.05) is 0 Å². The Balaban J connectivity index is 2.24. The molecule has 0 aromatic heterocycles. The smallest absolute Gasteiger partial charge is 0.243 e. The van der Waals surface area contributed by atoms with Gasteiger partial charge < -0.3 is 14.4 Å². The van der Waals surface area contributed by atoms with E-state index >= 15 is 0 Å². The molecule has 1 aliphatic heterocycles. The Morgan fingerprint density at radius 3 is 2.22 bits per heavy atom. The molecule has 0 amide bonds. The van der Waals surface area contributed by atoms with Crippen molar-refractivity contribution >= 4 is 10.0 Å². The minimum atomic E-state index is -3.48. The number of ether oxygens (including phenoxy) is 2. The molecule has 0 unspecified atom stereocenters. The van der Waals surface area contributed by atoms with Crippen molar-refractivity contribution in [2.75, 3.05) is 45.9 Å². The molecule has 1 heterocycles. The van der Waals surface area contributed by atoms with E-state index in [1.807, 2.05) is 13.8 Å². The molecule has 1 fully saturated rings. The summed E-state index contributed by atoms with van der Waals surface area (Å²) in [5.41, 5.74) is 0. The second-order valence-electron chi connectivity index (χ2n) is 5.48. The summed E-state index contributed by atoms with van der Waals surface area (Å²) in [6, 6.07) is 4.85. The van der Waals surface area contributed by atoms with Crippen LogP contribution in [0.1, 0.15) is 20.8 Å². The predicted molar refractivity (Wildman–Crippen MR) is 88.8 cm³/mol. The second kappa shape index (κ2) is 7.99. The van der Waals surface area contributed by atoms with Gasteiger partial charge >= 0.3 is 0 Å². The van der Waals surface area contributed by atoms with E-state index in [0.717, 1.165) is 19.6 Å². The van der Waals surface area contributed by atoms with Crippen molar-refractivity contribution in [3.63, 3.8) is 0 Å². The minimum Gasteiger partial charge on any atom is -0.490 e. The fourth-order valence-corrected chi connectivity index (χ4v) is 4.19. The minimum absolute atomic E-state index is 0.268. The first-order valence-corrected chi connectivity index (χ1v) is 9.70. The third kappa shape index (κ3) is 4.16. The van der Waals surface area contributed by atoms with Gasteiger partial charge in [0, 0.05) is 6.07 Å². The zero-order chi connectivity index (χ0) is 16.9. The Labute approximate surface area is 139 Å². The number of hydrogen-bond donors (Lipinski definition) is 1. The molecule has 23 heavy (non-hydrogen) atoms. The summed E-state index contributed by atoms with van der Waals surface area (Å²) in [4.78, 5) is 1.71. The SMILES string of the molecule is CCOc1ccc(S(=O)(=O)N2CC[NH+](CC)CC2)cc1OCC. The Kier molecular flexibility index (Phi) is 6.26. The van der Waals surface area contributed by atoms with E-state index in [1.165, 1.54) is 4.90 Å². The Bertz CT molecular complexity index is 611. The standard InChI is InChI=1S/C16H26N2O4S/c1-4-17-9-11-18(12-10-17)23(19,20)14-7-8-15(21-5-2)16(13-14)22-6-3/h7-8,13H,4-6,9-12H2,1-3H3/p+1. The van der Waals surface area contributed by atoms with E-state index in [1.54, 1.807) is 22.5 Å². The third-order valence-corrected chi connectivity index (χ3v) is 5.98. The molecule has 1 aliphatic rings. The number of rotatable bonds is 7. The molecule has 7 heteroatoms. The van der Waals surface area contributed by atoms with Gasteiger partial charge in [0.25, 0.3) is 0 Å². The quantitative estimate of drug-likeness (QED) is 0.778. The molecule has 0 aliphatic carbocycles. The average Bonchev–Trinajstić information content (AvgIpc) is 2.57. The molecule has 2 rings (SSSR count). The Morgan fingerprint density at radius 1 is 1.04 bits per heavy atom. The monoisotopic (exact) mass is 343 g/mol. The molecule has 0 saturated carbocycles. The first-order chi connectivity index (χ1) is 11.0. The van der Waals surface area contributed by atoms with E-state index in [9.17, 15) is 8.42 Å². The predicted octanol–water partition coefficient (Wildman–Crippen LogP) is 0.393. The summed E-state index contributed by atoms with van der Waals surface area (Å²) in [5, 5.41) is 0. The summed E-state index contributed by atoms with van der Waals surface area (Å²) in [7, 11) is -3.48. The van der Waals surface area contributed by atoms with Crippen molar-refractivity contribution in [2.45, 2.75) is 25.7 Å². The number of nitrogens with one attached hydrogen (secondary N) is 1. The lowest BCUT2D eigenvalue weighted by Crippen LogP contribution is -3.14. The lowest BCUT2D eigenvalue weighted by Gasteiger charge is -2.31. The van der Waals surface area contributed by atoms with Crippen LogP contribution in [0, 0.1) is 0 Å². The van der Waals surface area contributed by atoms with Crippen LogP contribution in [-0.2, 0) is 10.0 Å². The van der Waals surface area contributed by atoms with Gasteiger partial charge in [-0.15, -0.1) is 0 Å². The first-order valence-electron chi connectivity index (χ1n) is 8.26. The third-order valence-electron chi connectivity index (χ3n) is 4.08. The molecule has 0 atom stereocenters. The highest BCUT2D eigenvalue weighted by Gasteiger charge is 2.30. The molecule has 1 aromatic carbocycles. The number of nitrogens with zero attached hydrogens (tertiary/aromatic N) is 1. The van der Waals surface area contributed by atoms with Crippen LogP contribution in [0.15, 0.2) is 23.1 Å². The van der Waals surface area contributed by atoms with Crippen LogP contribution in [0.2, 0.25) is 0 Å². The highest BCUT2D eigenvalue weighted by atomic mass is 32.2. The van der Waals surface area contributed by atoms with Gasteiger partial charge in [0.15, 0.2) is 11.5 Å². The van der Waals surface area contributed by atoms with Crippen LogP contribution in [0.5, 0.6) is 11.5 Å². The zero-order valence-electron chi connectivity index (χ0n) is 14.2. The molecule has 6 nitrogen and oxygen atoms in total. The normalized spacial score (nSPS) is 17.2. The van der Waals surface area contributed by atoms with Crippen LogP contribution in [0.3, 0.4) is 0 Å². The lowest BCUT2D eigenvalue weighted by molar-refractivity contribution is -0.901. The van der Waals surface area contributed by atoms with Crippen LogP contribution in [-0.4, -0.2) is 58.7 Å². The zero-order valence-corrected chi connectivity index (χ0v) is 15.0. The molecule has 130 valence electrons. The largest absolute Gasteiger partial charge is 0.490 e. The van der Waals surface area contributed by atoms with Gasteiger partial charge in [-0.3, -0.25) is 0 Å². The van der Waals surface area contributed by atoms with Crippen molar-refractivity contribution in [3.8, 4) is 11.5 Å². The molecular weight excluding hydrogens is 316 g/mol. The van der Waals surface area contributed by atoms with Crippen molar-refractivity contribution < 1.29 is 22.8 Å². The molecular formula is C16H27N2O4S+. The Morgan fingerprint density at radius 2 is 1.65 bits per heavy atom. The molecule has 1 saturated heterocycles. The molecule has 0 radical (unpaired) electrons. The van der Waals surface area contributed by atoms with Crippen molar-refractivity contribution in [1.29, 1.82) is 0 Å². The molecule has 1 N–H and O–H groups in total. The van der Waals surface area contributed by atoms with Gasteiger partial charge in [0.2, 0.25) is 10.0 Å². The Hall–Kier alpha value is -1.31. The van der Waals surface area contributed by atoms with Crippen LogP contribution >= 0.6 is 0 Å². The fraction of sp³-hybridized carbons (Fsp3) is 0.625. The summed E-state index contributed by atoms with van der Waals surface area (Å²) >= 11 is 0. The lowest BCUT2D eigenvalue weighted by atomic mass is 10.3. The van der Waals surface area contributed by atoms with Crippen LogP contribution < -0.4 is 14.4 Å². The molecule has 0 bridgehead atoms. The van der Waals surface area contributed by atoms with Crippen molar-refractivity contribution in [2.24, 2.45) is 0 Å². The summed E-state index contributed by atoms with van der Waals surface area (Å²) in [5.74, 6) is 1.06. The van der Waals surface area contributed by atoms with E-state index < -0.39 is 10.0 Å². The summed E-state index contributed by atoms with van der Waals surface area (Å²) in [6.07, 6.45) is 0. The molecule has 0 spiro atoms. The number of quaternary nitrogens is 1. The highest BCUT2D eigenvalue weighted by molar-refractivity contribution is 7.89. The fourth-order valence-electron chi connectivity index (χ4n) is 2.74. The van der Waals surface area contributed by atoms with Crippen LogP contribution in [0.25, 0.3) is 0 Å². The number of benzene rings is 1. The van der Waals surface area contributed by atoms with Crippen molar-refractivity contribution in [1.82, 2.24) is 4.31 Å². The summed E-state index contributed by atoms with van der Waals surface area (Å²) < 4.78 is 38.3. The van der Waals surface area contributed by atoms with E-state index in [-0.39, 0.29) is 4.90 Å². The maximum absolute atomic E-state index is 12.8. The average molecular weight is 343 g/mol. The number of piperazine rings is 1. The maximum Gasteiger partial charge on any atom is 0.243 e. The highest BCUT2D eigenvalue weighted by Crippen LogP contribution is 2.31. The van der Waals surface area contributed by atoms with E-state index in [2.05, 4.69) is 6.92 Å². The van der Waals surface area contributed by atoms with Gasteiger partial charge in [-0.05, 0) is 32.9 Å². The summed E-state index contributed by atoms with van der Waals surface area (Å²) in [6.45, 7) is 10.7. The maximum atomic E-state index is 12.8. The number of sulfonamides is 1. The van der Waals surface area contributed by atoms with Gasteiger partial charge in [-0.25, -0.2) is 8.42 Å². The van der Waals surface area contributed by atoms with Crippen LogP contribution in [0.4, 0.5) is 0 Å². The van der Waals surface area contributed by atoms with Gasteiger partial charge in [0.1, 0.15) is 0 Å². The van der Waals surface area contributed by atoms with Gasteiger partial charge in [-0.2, -0.15) is 4.31 Å². The van der Waals surface area contributed by atoms with Crippen molar-refractivity contribution in [3.05, 3.63) is 18.2 Å². The number of hydrogen-bond acceptors (Lipinski definition) is 4. The number of likely N-dealkylation sites (N-methyl/N-ethyl adjacent to an activating group) is 1. The topological polar surface area (TPSA) is 60.3 Å². The van der Waals surface area contributed by atoms with E-state index in [0.29, 0.717) is 37.8 Å². The molecule has 1 aromatic rings.